The molecule has 5 heteroatoms. The van der Waals surface area contributed by atoms with Crippen molar-refractivity contribution in [3.63, 3.8) is 0 Å². The average molecular weight is 256 g/mol. The third-order valence-corrected chi connectivity index (χ3v) is 2.66. The summed E-state index contributed by atoms with van der Waals surface area (Å²) < 4.78 is 16.1. The van der Waals surface area contributed by atoms with Crippen LogP contribution in [0.5, 0.6) is 11.5 Å². The molecule has 96 valence electrons. The Hall–Kier alpha value is -2.50. The number of ether oxygens (including phenoxy) is 3. The molecule has 1 unspecified atom stereocenters. The van der Waals surface area contributed by atoms with Crippen molar-refractivity contribution in [2.24, 2.45) is 0 Å². The van der Waals surface area contributed by atoms with E-state index in [-0.39, 0.29) is 25.4 Å². The topological polar surface area (TPSA) is 75.3 Å². The van der Waals surface area contributed by atoms with Crippen LogP contribution >= 0.6 is 0 Å². The van der Waals surface area contributed by atoms with Crippen molar-refractivity contribution in [1.29, 1.82) is 10.5 Å². The Morgan fingerprint density at radius 3 is 2.89 bits per heavy atom. The van der Waals surface area contributed by atoms with E-state index in [1.807, 2.05) is 12.1 Å². The van der Waals surface area contributed by atoms with E-state index in [0.717, 1.165) is 5.56 Å². The van der Waals surface area contributed by atoms with E-state index < -0.39 is 6.10 Å². The first-order chi connectivity index (χ1) is 9.26. The monoisotopic (exact) mass is 256 g/mol. The molecule has 0 amide bonds. The highest BCUT2D eigenvalue weighted by atomic mass is 16.7. The van der Waals surface area contributed by atoms with Crippen LogP contribution < -0.4 is 9.47 Å². The van der Waals surface area contributed by atoms with Crippen LogP contribution in [-0.4, -0.2) is 13.4 Å². The van der Waals surface area contributed by atoms with E-state index in [4.69, 9.17) is 24.7 Å². The van der Waals surface area contributed by atoms with Crippen LogP contribution in [0, 0.1) is 22.7 Å². The van der Waals surface area contributed by atoms with Gasteiger partial charge in [-0.25, -0.2) is 0 Å². The Balaban J connectivity index is 2.20. The summed E-state index contributed by atoms with van der Waals surface area (Å²) in [6.07, 6.45) is -0.299. The molecule has 1 heterocycles. The number of fused-ring (bicyclic) bond motifs is 1. The summed E-state index contributed by atoms with van der Waals surface area (Å²) in [4.78, 5) is 0. The molecule has 1 aliphatic heterocycles. The fourth-order valence-corrected chi connectivity index (χ4v) is 1.76. The fraction of sp³-hybridized carbons (Fsp3) is 0.286. The predicted octanol–water partition coefficient (Wildman–Crippen LogP) is 2.47. The predicted molar refractivity (Wildman–Crippen MR) is 66.2 cm³/mol. The first-order valence-electron chi connectivity index (χ1n) is 5.73. The molecule has 0 fully saturated rings. The zero-order valence-electron chi connectivity index (χ0n) is 10.3. The highest BCUT2D eigenvalue weighted by Crippen LogP contribution is 2.36. The molecular formula is C14H12N2O3. The molecule has 1 aliphatic rings. The van der Waals surface area contributed by atoms with Gasteiger partial charge in [0.2, 0.25) is 6.79 Å². The van der Waals surface area contributed by atoms with Crippen LogP contribution in [0.15, 0.2) is 30.4 Å². The van der Waals surface area contributed by atoms with Crippen LogP contribution in [-0.2, 0) is 4.74 Å². The molecule has 0 spiro atoms. The number of hydrogen-bond acceptors (Lipinski definition) is 5. The summed E-state index contributed by atoms with van der Waals surface area (Å²) in [6, 6.07) is 9.31. The maximum Gasteiger partial charge on any atom is 0.231 e. The minimum absolute atomic E-state index is 0.192. The smallest absolute Gasteiger partial charge is 0.231 e. The van der Waals surface area contributed by atoms with Crippen molar-refractivity contribution >= 4 is 0 Å². The van der Waals surface area contributed by atoms with Crippen molar-refractivity contribution in [3.05, 3.63) is 35.9 Å². The van der Waals surface area contributed by atoms with Gasteiger partial charge in [-0.3, -0.25) is 0 Å². The normalized spacial score (nSPS) is 13.4. The molecule has 1 aromatic rings. The highest BCUT2D eigenvalue weighted by Gasteiger charge is 2.20. The summed E-state index contributed by atoms with van der Waals surface area (Å²) in [5, 5.41) is 17.5. The molecule has 0 radical (unpaired) electrons. The fourth-order valence-electron chi connectivity index (χ4n) is 1.76. The molecule has 1 aromatic carbocycles. The molecular weight excluding hydrogens is 244 g/mol. The first kappa shape index (κ1) is 12.9. The second kappa shape index (κ2) is 5.90. The van der Waals surface area contributed by atoms with Crippen molar-refractivity contribution in [2.75, 3.05) is 13.4 Å². The van der Waals surface area contributed by atoms with E-state index in [1.54, 1.807) is 18.2 Å². The minimum Gasteiger partial charge on any atom is -0.454 e. The summed E-state index contributed by atoms with van der Waals surface area (Å²) in [5.74, 6) is 1.29. The molecule has 0 aliphatic carbocycles. The van der Waals surface area contributed by atoms with Gasteiger partial charge in [-0.15, -0.1) is 0 Å². The third-order valence-electron chi connectivity index (χ3n) is 2.66. The Morgan fingerprint density at radius 1 is 1.37 bits per heavy atom. The SMILES string of the molecule is C=C(C#N)C(OCCC#N)c1ccc2c(c1)OCO2. The zero-order valence-corrected chi connectivity index (χ0v) is 10.3. The van der Waals surface area contributed by atoms with Crippen molar-refractivity contribution in [3.8, 4) is 23.6 Å². The molecule has 1 atom stereocenters. The maximum absolute atomic E-state index is 8.97. The molecule has 0 aromatic heterocycles. The van der Waals surface area contributed by atoms with Crippen molar-refractivity contribution in [2.45, 2.75) is 12.5 Å². The molecule has 0 saturated carbocycles. The van der Waals surface area contributed by atoms with Gasteiger partial charge in [0.05, 0.1) is 30.7 Å². The Labute approximate surface area is 111 Å². The van der Waals surface area contributed by atoms with Gasteiger partial charge >= 0.3 is 0 Å². The second-order valence-corrected chi connectivity index (χ2v) is 3.91. The Bertz CT molecular complexity index is 569. The molecule has 5 nitrogen and oxygen atoms in total. The lowest BCUT2D eigenvalue weighted by Crippen LogP contribution is -2.07. The third kappa shape index (κ3) is 2.85. The van der Waals surface area contributed by atoms with Gasteiger partial charge in [0.15, 0.2) is 11.5 Å². The number of benzene rings is 1. The van der Waals surface area contributed by atoms with Gasteiger partial charge in [0.25, 0.3) is 0 Å². The van der Waals surface area contributed by atoms with Crippen LogP contribution in [0.25, 0.3) is 0 Å². The number of hydrogen-bond donors (Lipinski definition) is 0. The molecule has 19 heavy (non-hydrogen) atoms. The minimum atomic E-state index is -0.562. The van der Waals surface area contributed by atoms with E-state index in [9.17, 15) is 0 Å². The zero-order chi connectivity index (χ0) is 13.7. The molecule has 2 rings (SSSR count). The quantitative estimate of drug-likeness (QED) is 0.597. The van der Waals surface area contributed by atoms with E-state index >= 15 is 0 Å². The van der Waals surface area contributed by atoms with Crippen LogP contribution in [0.4, 0.5) is 0 Å². The number of nitrogens with zero attached hydrogens (tertiary/aromatic N) is 2. The van der Waals surface area contributed by atoms with Gasteiger partial charge in [-0.1, -0.05) is 12.6 Å². The van der Waals surface area contributed by atoms with Gasteiger partial charge in [0, 0.05) is 0 Å². The van der Waals surface area contributed by atoms with E-state index in [0.29, 0.717) is 11.5 Å². The highest BCUT2D eigenvalue weighted by molar-refractivity contribution is 5.47. The largest absolute Gasteiger partial charge is 0.454 e. The molecule has 0 bridgehead atoms. The van der Waals surface area contributed by atoms with Crippen LogP contribution in [0.1, 0.15) is 18.1 Å². The van der Waals surface area contributed by atoms with Crippen LogP contribution in [0.2, 0.25) is 0 Å². The Morgan fingerprint density at radius 2 is 2.16 bits per heavy atom. The molecule has 0 saturated heterocycles. The van der Waals surface area contributed by atoms with E-state index in [2.05, 4.69) is 6.58 Å². The van der Waals surface area contributed by atoms with Crippen molar-refractivity contribution in [1.82, 2.24) is 0 Å². The lowest BCUT2D eigenvalue weighted by Gasteiger charge is -2.16. The number of rotatable bonds is 5. The summed E-state index contributed by atoms with van der Waals surface area (Å²) in [5.41, 5.74) is 1.05. The maximum atomic E-state index is 8.97. The van der Waals surface area contributed by atoms with Gasteiger partial charge in [0.1, 0.15) is 6.10 Å². The summed E-state index contributed by atoms with van der Waals surface area (Å²) in [7, 11) is 0. The lowest BCUT2D eigenvalue weighted by atomic mass is 10.0. The van der Waals surface area contributed by atoms with Gasteiger partial charge < -0.3 is 14.2 Å². The van der Waals surface area contributed by atoms with Crippen molar-refractivity contribution < 1.29 is 14.2 Å². The summed E-state index contributed by atoms with van der Waals surface area (Å²) >= 11 is 0. The Kier molecular flexibility index (Phi) is 4.02. The van der Waals surface area contributed by atoms with Gasteiger partial charge in [-0.2, -0.15) is 10.5 Å². The molecule has 0 N–H and O–H groups in total. The lowest BCUT2D eigenvalue weighted by molar-refractivity contribution is 0.0849. The number of nitriles is 2. The van der Waals surface area contributed by atoms with Gasteiger partial charge in [-0.05, 0) is 17.7 Å². The first-order valence-corrected chi connectivity index (χ1v) is 5.73. The van der Waals surface area contributed by atoms with Crippen LogP contribution in [0.3, 0.4) is 0 Å². The second-order valence-electron chi connectivity index (χ2n) is 3.91. The summed E-state index contributed by atoms with van der Waals surface area (Å²) in [6.45, 7) is 4.12. The average Bonchev–Trinajstić information content (AvgIpc) is 2.90. The van der Waals surface area contributed by atoms with E-state index in [1.165, 1.54) is 0 Å². The standard InChI is InChI=1S/C14H12N2O3/c1-10(8-16)14(17-6-2-5-15)11-3-4-12-13(7-11)19-9-18-12/h3-4,7,14H,1-2,6,9H2.